The first-order valence-electron chi connectivity index (χ1n) is 6.21. The molecule has 19 heavy (non-hydrogen) atoms. The standard InChI is InChI=1S/C14H17BrN4/c1-4-16-14-17-10(3)7-13(19-14)18-12-8-11(15)6-5-9(12)2/h5-8H,4H2,1-3H3,(H2,16,17,18,19). The van der Waals surface area contributed by atoms with Crippen LogP contribution in [0.5, 0.6) is 0 Å². The molecule has 0 atom stereocenters. The molecule has 0 unspecified atom stereocenters. The van der Waals surface area contributed by atoms with Crippen LogP contribution in [0.4, 0.5) is 17.5 Å². The molecule has 0 aliphatic rings. The van der Waals surface area contributed by atoms with Crippen LogP contribution in [0.25, 0.3) is 0 Å². The average molecular weight is 321 g/mol. The molecule has 2 N–H and O–H groups in total. The van der Waals surface area contributed by atoms with Gasteiger partial charge in [-0.1, -0.05) is 22.0 Å². The first kappa shape index (κ1) is 13.8. The van der Waals surface area contributed by atoms with E-state index < -0.39 is 0 Å². The summed E-state index contributed by atoms with van der Waals surface area (Å²) in [5.74, 6) is 1.45. The van der Waals surface area contributed by atoms with E-state index >= 15 is 0 Å². The summed E-state index contributed by atoms with van der Waals surface area (Å²) in [6.07, 6.45) is 0. The summed E-state index contributed by atoms with van der Waals surface area (Å²) in [5, 5.41) is 6.46. The van der Waals surface area contributed by atoms with Gasteiger partial charge in [0.05, 0.1) is 0 Å². The van der Waals surface area contributed by atoms with Crippen molar-refractivity contribution >= 4 is 33.4 Å². The lowest BCUT2D eigenvalue weighted by atomic mass is 10.2. The van der Waals surface area contributed by atoms with E-state index in [9.17, 15) is 0 Å². The van der Waals surface area contributed by atoms with Crippen LogP contribution < -0.4 is 10.6 Å². The fourth-order valence-electron chi connectivity index (χ4n) is 1.74. The predicted octanol–water partition coefficient (Wildman–Crippen LogP) is 4.03. The summed E-state index contributed by atoms with van der Waals surface area (Å²) < 4.78 is 1.04. The number of nitrogens with one attached hydrogen (secondary N) is 2. The third kappa shape index (κ3) is 3.67. The molecule has 0 saturated heterocycles. The fourth-order valence-corrected chi connectivity index (χ4v) is 2.10. The Morgan fingerprint density at radius 1 is 1.16 bits per heavy atom. The van der Waals surface area contributed by atoms with Crippen molar-refractivity contribution in [2.45, 2.75) is 20.8 Å². The molecular weight excluding hydrogens is 304 g/mol. The van der Waals surface area contributed by atoms with Gasteiger partial charge < -0.3 is 10.6 Å². The molecule has 0 fully saturated rings. The Kier molecular flexibility index (Phi) is 4.37. The quantitative estimate of drug-likeness (QED) is 0.892. The molecule has 0 aliphatic heterocycles. The smallest absolute Gasteiger partial charge is 0.224 e. The molecular formula is C14H17BrN4. The van der Waals surface area contributed by atoms with Crippen molar-refractivity contribution in [3.63, 3.8) is 0 Å². The Labute approximate surface area is 121 Å². The number of hydrogen-bond donors (Lipinski definition) is 2. The van der Waals surface area contributed by atoms with Crippen molar-refractivity contribution in [2.75, 3.05) is 17.2 Å². The number of aromatic nitrogens is 2. The first-order chi connectivity index (χ1) is 9.08. The number of hydrogen-bond acceptors (Lipinski definition) is 4. The summed E-state index contributed by atoms with van der Waals surface area (Å²) in [4.78, 5) is 8.77. The monoisotopic (exact) mass is 320 g/mol. The van der Waals surface area contributed by atoms with Crippen molar-refractivity contribution in [3.8, 4) is 0 Å². The van der Waals surface area contributed by atoms with Crippen LogP contribution >= 0.6 is 15.9 Å². The van der Waals surface area contributed by atoms with Crippen LogP contribution in [0, 0.1) is 13.8 Å². The zero-order chi connectivity index (χ0) is 13.8. The largest absolute Gasteiger partial charge is 0.354 e. The lowest BCUT2D eigenvalue weighted by Gasteiger charge is -2.11. The average Bonchev–Trinajstić information content (AvgIpc) is 2.33. The lowest BCUT2D eigenvalue weighted by Crippen LogP contribution is -2.05. The number of nitrogens with zero attached hydrogens (tertiary/aromatic N) is 2. The molecule has 1 aromatic carbocycles. The molecule has 2 aromatic rings. The predicted molar refractivity (Wildman–Crippen MR) is 83.1 cm³/mol. The summed E-state index contributed by atoms with van der Waals surface area (Å²) in [6, 6.07) is 8.06. The van der Waals surface area contributed by atoms with Gasteiger partial charge in [-0.3, -0.25) is 0 Å². The topological polar surface area (TPSA) is 49.8 Å². The third-order valence-electron chi connectivity index (χ3n) is 2.65. The Morgan fingerprint density at radius 3 is 2.68 bits per heavy atom. The van der Waals surface area contributed by atoms with Crippen LogP contribution in [0.3, 0.4) is 0 Å². The molecule has 2 rings (SSSR count). The minimum absolute atomic E-state index is 0.651. The highest BCUT2D eigenvalue weighted by Gasteiger charge is 2.04. The van der Waals surface area contributed by atoms with Crippen LogP contribution in [-0.2, 0) is 0 Å². The summed E-state index contributed by atoms with van der Waals surface area (Å²) in [6.45, 7) is 6.85. The van der Waals surface area contributed by atoms with E-state index in [0.717, 1.165) is 28.2 Å². The van der Waals surface area contributed by atoms with Gasteiger partial charge in [0, 0.05) is 28.5 Å². The zero-order valence-electron chi connectivity index (χ0n) is 11.3. The van der Waals surface area contributed by atoms with Crippen LogP contribution in [0.2, 0.25) is 0 Å². The van der Waals surface area contributed by atoms with Gasteiger partial charge >= 0.3 is 0 Å². The molecule has 1 aromatic heterocycles. The van der Waals surface area contributed by atoms with E-state index in [1.165, 1.54) is 5.56 Å². The highest BCUT2D eigenvalue weighted by atomic mass is 79.9. The second kappa shape index (κ2) is 6.02. The van der Waals surface area contributed by atoms with Gasteiger partial charge in [0.15, 0.2) is 0 Å². The lowest BCUT2D eigenvalue weighted by molar-refractivity contribution is 1.05. The van der Waals surface area contributed by atoms with Gasteiger partial charge in [0.25, 0.3) is 0 Å². The molecule has 0 saturated carbocycles. The molecule has 0 amide bonds. The number of benzene rings is 1. The van der Waals surface area contributed by atoms with Crippen LogP contribution in [0.15, 0.2) is 28.7 Å². The minimum atomic E-state index is 0.651. The van der Waals surface area contributed by atoms with Gasteiger partial charge in [0.2, 0.25) is 5.95 Å². The summed E-state index contributed by atoms with van der Waals surface area (Å²) >= 11 is 3.48. The van der Waals surface area contributed by atoms with Gasteiger partial charge in [-0.15, -0.1) is 0 Å². The van der Waals surface area contributed by atoms with E-state index in [4.69, 9.17) is 0 Å². The van der Waals surface area contributed by atoms with Gasteiger partial charge in [-0.25, -0.2) is 4.98 Å². The van der Waals surface area contributed by atoms with Crippen molar-refractivity contribution in [2.24, 2.45) is 0 Å². The third-order valence-corrected chi connectivity index (χ3v) is 3.14. The summed E-state index contributed by atoms with van der Waals surface area (Å²) in [7, 11) is 0. The molecule has 1 heterocycles. The normalized spacial score (nSPS) is 10.3. The van der Waals surface area contributed by atoms with Crippen molar-refractivity contribution in [1.82, 2.24) is 9.97 Å². The maximum absolute atomic E-state index is 4.44. The first-order valence-corrected chi connectivity index (χ1v) is 7.00. The van der Waals surface area contributed by atoms with Gasteiger partial charge in [0.1, 0.15) is 5.82 Å². The maximum Gasteiger partial charge on any atom is 0.224 e. The Hall–Kier alpha value is -1.62. The van der Waals surface area contributed by atoms with Crippen LogP contribution in [0.1, 0.15) is 18.2 Å². The Morgan fingerprint density at radius 2 is 1.95 bits per heavy atom. The molecule has 0 radical (unpaired) electrons. The number of anilines is 3. The maximum atomic E-state index is 4.44. The van der Waals surface area contributed by atoms with Gasteiger partial charge in [-0.05, 0) is 38.5 Å². The SMILES string of the molecule is CCNc1nc(C)cc(Nc2cc(Br)ccc2C)n1. The number of rotatable bonds is 4. The summed E-state index contributed by atoms with van der Waals surface area (Å²) in [5.41, 5.74) is 3.14. The van der Waals surface area contributed by atoms with E-state index in [1.54, 1.807) is 0 Å². The molecule has 0 bridgehead atoms. The highest BCUT2D eigenvalue weighted by Crippen LogP contribution is 2.24. The molecule has 4 nitrogen and oxygen atoms in total. The second-order valence-corrected chi connectivity index (χ2v) is 5.25. The highest BCUT2D eigenvalue weighted by molar-refractivity contribution is 9.10. The van der Waals surface area contributed by atoms with E-state index in [1.807, 2.05) is 32.0 Å². The molecule has 100 valence electrons. The Bertz CT molecular complexity index is 584. The number of halogens is 1. The fraction of sp³-hybridized carbons (Fsp3) is 0.286. The van der Waals surface area contributed by atoms with Gasteiger partial charge in [-0.2, -0.15) is 4.98 Å². The second-order valence-electron chi connectivity index (χ2n) is 4.33. The van der Waals surface area contributed by atoms with Crippen LogP contribution in [-0.4, -0.2) is 16.5 Å². The number of aryl methyl sites for hydroxylation is 2. The molecule has 0 aliphatic carbocycles. The van der Waals surface area contributed by atoms with E-state index in [-0.39, 0.29) is 0 Å². The Balaban J connectivity index is 2.29. The molecule has 0 spiro atoms. The van der Waals surface area contributed by atoms with Crippen molar-refractivity contribution in [3.05, 3.63) is 40.0 Å². The van der Waals surface area contributed by atoms with Crippen molar-refractivity contribution in [1.29, 1.82) is 0 Å². The molecule has 5 heteroatoms. The van der Waals surface area contributed by atoms with E-state index in [2.05, 4.69) is 49.5 Å². The zero-order valence-corrected chi connectivity index (χ0v) is 12.9. The van der Waals surface area contributed by atoms with E-state index in [0.29, 0.717) is 5.95 Å². The van der Waals surface area contributed by atoms with Crippen molar-refractivity contribution < 1.29 is 0 Å². The minimum Gasteiger partial charge on any atom is -0.354 e.